The molecular formula is C25H31NO9. The van der Waals surface area contributed by atoms with Gasteiger partial charge in [-0.05, 0) is 36.6 Å². The van der Waals surface area contributed by atoms with Gasteiger partial charge in [-0.3, -0.25) is 9.59 Å². The summed E-state index contributed by atoms with van der Waals surface area (Å²) in [5.41, 5.74) is 0.947. The normalized spacial score (nSPS) is 21.8. The fraction of sp³-hybridized carbons (Fsp3) is 0.480. The van der Waals surface area contributed by atoms with Crippen molar-refractivity contribution in [3.63, 3.8) is 0 Å². The van der Waals surface area contributed by atoms with Crippen LogP contribution in [0.15, 0.2) is 54.3 Å². The average Bonchev–Trinajstić information content (AvgIpc) is 3.23. The lowest BCUT2D eigenvalue weighted by molar-refractivity contribution is -0.153. The third-order valence-corrected chi connectivity index (χ3v) is 5.46. The third-order valence-electron chi connectivity index (χ3n) is 5.46. The SMILES string of the molecule is CO[C@H](C(=O)N1C(=O)OC[C@@H]1Cc1ccccc1)[C@@H]1OC(=CCCOCCOCCO)C=CC1=O. The van der Waals surface area contributed by atoms with Gasteiger partial charge >= 0.3 is 6.09 Å². The summed E-state index contributed by atoms with van der Waals surface area (Å²) < 4.78 is 26.8. The highest BCUT2D eigenvalue weighted by atomic mass is 16.6. The van der Waals surface area contributed by atoms with E-state index in [9.17, 15) is 14.4 Å². The maximum absolute atomic E-state index is 13.3. The number of nitrogens with zero attached hydrogens (tertiary/aromatic N) is 1. The number of aliphatic hydroxyl groups is 1. The summed E-state index contributed by atoms with van der Waals surface area (Å²) in [5, 5.41) is 8.66. The number of ether oxygens (including phenoxy) is 5. The molecule has 3 rings (SSSR count). The van der Waals surface area contributed by atoms with E-state index >= 15 is 0 Å². The first kappa shape index (κ1) is 26.6. The van der Waals surface area contributed by atoms with Crippen LogP contribution in [0.3, 0.4) is 0 Å². The number of imide groups is 1. The minimum atomic E-state index is -1.32. The van der Waals surface area contributed by atoms with Crippen molar-refractivity contribution >= 4 is 17.8 Å². The molecule has 0 aromatic heterocycles. The standard InChI is InChI=1S/C25H31NO9/c1-31-23(24(29)26-19(17-34-25(26)30)16-18-6-3-2-4-7-18)22-21(28)10-9-20(35-22)8-5-12-32-14-15-33-13-11-27/h2-4,6-10,19,22-23,27H,5,11-17H2,1H3/t19-,22+,23-/m0/s1. The summed E-state index contributed by atoms with van der Waals surface area (Å²) in [6.45, 7) is 1.46. The van der Waals surface area contributed by atoms with Gasteiger partial charge in [-0.15, -0.1) is 0 Å². The van der Waals surface area contributed by atoms with Gasteiger partial charge in [-0.25, -0.2) is 9.69 Å². The number of hydrogen-bond donors (Lipinski definition) is 1. The predicted molar refractivity (Wildman–Crippen MR) is 123 cm³/mol. The lowest BCUT2D eigenvalue weighted by atomic mass is 10.0. The summed E-state index contributed by atoms with van der Waals surface area (Å²) in [5.74, 6) is -0.726. The summed E-state index contributed by atoms with van der Waals surface area (Å²) >= 11 is 0. The van der Waals surface area contributed by atoms with Gasteiger partial charge in [0.25, 0.3) is 5.91 Å². The Morgan fingerprint density at radius 1 is 1.14 bits per heavy atom. The minimum Gasteiger partial charge on any atom is -0.479 e. The second-order valence-corrected chi connectivity index (χ2v) is 7.90. The van der Waals surface area contributed by atoms with Gasteiger partial charge in [0, 0.05) is 7.11 Å². The Hall–Kier alpha value is -3.05. The van der Waals surface area contributed by atoms with Gasteiger partial charge in [-0.2, -0.15) is 0 Å². The molecule has 0 aliphatic carbocycles. The molecule has 1 aromatic rings. The number of aliphatic hydroxyl groups excluding tert-OH is 1. The van der Waals surface area contributed by atoms with Crippen LogP contribution in [0, 0.1) is 0 Å². The molecule has 1 fully saturated rings. The van der Waals surface area contributed by atoms with E-state index in [4.69, 9.17) is 28.8 Å². The molecule has 35 heavy (non-hydrogen) atoms. The molecule has 2 aliphatic rings. The Morgan fingerprint density at radius 2 is 1.89 bits per heavy atom. The molecule has 0 bridgehead atoms. The fourth-order valence-corrected chi connectivity index (χ4v) is 3.76. The molecule has 1 aromatic carbocycles. The molecule has 10 nitrogen and oxygen atoms in total. The van der Waals surface area contributed by atoms with Gasteiger partial charge in [-0.1, -0.05) is 30.3 Å². The van der Waals surface area contributed by atoms with E-state index in [1.54, 1.807) is 6.08 Å². The highest BCUT2D eigenvalue weighted by Crippen LogP contribution is 2.24. The number of benzene rings is 1. The molecule has 2 heterocycles. The summed E-state index contributed by atoms with van der Waals surface area (Å²) in [4.78, 5) is 39.3. The summed E-state index contributed by atoms with van der Waals surface area (Å²) in [6, 6.07) is 8.93. The number of rotatable bonds is 13. The molecular weight excluding hydrogens is 458 g/mol. The number of allylic oxidation sites excluding steroid dienone is 1. The first-order valence-corrected chi connectivity index (χ1v) is 11.5. The van der Waals surface area contributed by atoms with Crippen molar-refractivity contribution in [3.05, 3.63) is 59.9 Å². The fourth-order valence-electron chi connectivity index (χ4n) is 3.76. The molecule has 0 unspecified atom stereocenters. The Morgan fingerprint density at radius 3 is 2.60 bits per heavy atom. The van der Waals surface area contributed by atoms with Gasteiger partial charge in [0.2, 0.25) is 0 Å². The van der Waals surface area contributed by atoms with E-state index in [0.29, 0.717) is 38.4 Å². The van der Waals surface area contributed by atoms with Crippen molar-refractivity contribution in [2.45, 2.75) is 31.1 Å². The van der Waals surface area contributed by atoms with Crippen LogP contribution in [0.25, 0.3) is 0 Å². The maximum Gasteiger partial charge on any atom is 0.417 e. The first-order valence-electron chi connectivity index (χ1n) is 11.5. The molecule has 3 atom stereocenters. The number of hydrogen-bond acceptors (Lipinski definition) is 9. The number of cyclic esters (lactones) is 1. The lowest BCUT2D eigenvalue weighted by Crippen LogP contribution is -2.53. The van der Waals surface area contributed by atoms with Crippen LogP contribution in [0.1, 0.15) is 12.0 Å². The minimum absolute atomic E-state index is 0.0345. The zero-order chi connectivity index (χ0) is 25.0. The van der Waals surface area contributed by atoms with E-state index in [-0.39, 0.29) is 19.8 Å². The molecule has 0 radical (unpaired) electrons. The number of carbonyl (C=O) groups is 3. The molecule has 0 saturated carbocycles. The summed E-state index contributed by atoms with van der Waals surface area (Å²) in [7, 11) is 1.29. The first-order chi connectivity index (χ1) is 17.0. The highest BCUT2D eigenvalue weighted by molar-refractivity contribution is 6.03. The van der Waals surface area contributed by atoms with Crippen molar-refractivity contribution in [2.75, 3.05) is 46.8 Å². The average molecular weight is 490 g/mol. The van der Waals surface area contributed by atoms with E-state index < -0.39 is 36.0 Å². The Kier molecular flexibility index (Phi) is 10.4. The van der Waals surface area contributed by atoms with Crippen molar-refractivity contribution in [2.24, 2.45) is 0 Å². The molecule has 1 N–H and O–H groups in total. The zero-order valence-electron chi connectivity index (χ0n) is 19.7. The quantitative estimate of drug-likeness (QED) is 0.410. The predicted octanol–water partition coefficient (Wildman–Crippen LogP) is 1.42. The molecule has 2 amide bonds. The van der Waals surface area contributed by atoms with E-state index in [2.05, 4.69) is 0 Å². The van der Waals surface area contributed by atoms with E-state index in [1.807, 2.05) is 30.3 Å². The largest absolute Gasteiger partial charge is 0.479 e. The number of ketones is 1. The van der Waals surface area contributed by atoms with Crippen molar-refractivity contribution in [3.8, 4) is 0 Å². The molecule has 2 aliphatic heterocycles. The Balaban J connectivity index is 1.60. The van der Waals surface area contributed by atoms with Gasteiger partial charge in [0.1, 0.15) is 12.4 Å². The van der Waals surface area contributed by atoms with E-state index in [0.717, 1.165) is 10.5 Å². The Bertz CT molecular complexity index is 915. The van der Waals surface area contributed by atoms with E-state index in [1.165, 1.54) is 19.3 Å². The highest BCUT2D eigenvalue weighted by Gasteiger charge is 2.46. The number of amides is 2. The summed E-state index contributed by atoms with van der Waals surface area (Å²) in [6.07, 6.45) is 2.18. The second kappa shape index (κ2) is 13.7. The molecule has 0 spiro atoms. The smallest absolute Gasteiger partial charge is 0.417 e. The second-order valence-electron chi connectivity index (χ2n) is 7.90. The van der Waals surface area contributed by atoms with Gasteiger partial charge in [0.15, 0.2) is 18.0 Å². The van der Waals surface area contributed by atoms with Crippen molar-refractivity contribution in [1.82, 2.24) is 4.90 Å². The lowest BCUT2D eigenvalue weighted by Gasteiger charge is -2.30. The number of carbonyl (C=O) groups excluding carboxylic acids is 3. The third kappa shape index (κ3) is 7.46. The van der Waals surface area contributed by atoms with Crippen LogP contribution in [0.2, 0.25) is 0 Å². The van der Waals surface area contributed by atoms with Crippen LogP contribution in [-0.2, 0) is 39.7 Å². The zero-order valence-corrected chi connectivity index (χ0v) is 19.7. The van der Waals surface area contributed by atoms with Crippen LogP contribution >= 0.6 is 0 Å². The molecule has 1 saturated heterocycles. The monoisotopic (exact) mass is 489 g/mol. The van der Waals surface area contributed by atoms with Crippen LogP contribution in [0.5, 0.6) is 0 Å². The molecule has 190 valence electrons. The van der Waals surface area contributed by atoms with Crippen LogP contribution in [-0.4, -0.2) is 92.8 Å². The van der Waals surface area contributed by atoms with Gasteiger partial charge in [0.05, 0.1) is 39.1 Å². The van der Waals surface area contributed by atoms with Crippen molar-refractivity contribution in [1.29, 1.82) is 0 Å². The van der Waals surface area contributed by atoms with Gasteiger partial charge < -0.3 is 28.8 Å². The number of methoxy groups -OCH3 is 1. The van der Waals surface area contributed by atoms with Crippen LogP contribution < -0.4 is 0 Å². The molecule has 10 heteroatoms. The maximum atomic E-state index is 13.3. The van der Waals surface area contributed by atoms with Crippen molar-refractivity contribution < 1.29 is 43.2 Å². The topological polar surface area (TPSA) is 121 Å². The Labute approximate surface area is 204 Å². The van der Waals surface area contributed by atoms with Crippen LogP contribution in [0.4, 0.5) is 4.79 Å².